The minimum absolute atomic E-state index is 0.0503. The molecule has 0 unspecified atom stereocenters. The molecule has 2 aromatic carbocycles. The number of carbonyl (C=O) groups excluding carboxylic acids is 2. The van der Waals surface area contributed by atoms with Gasteiger partial charge in [-0.3, -0.25) is 19.7 Å². The summed E-state index contributed by atoms with van der Waals surface area (Å²) in [4.78, 5) is 40.0. The fraction of sp³-hybridized carbons (Fsp3) is 0.304. The molecule has 3 rings (SSSR count). The molecule has 0 saturated carbocycles. The lowest BCUT2D eigenvalue weighted by molar-refractivity contribution is -0.384. The molecule has 32 heavy (non-hydrogen) atoms. The van der Waals surface area contributed by atoms with E-state index in [9.17, 15) is 24.8 Å². The highest BCUT2D eigenvalue weighted by molar-refractivity contribution is 6.46. The van der Waals surface area contributed by atoms with E-state index in [1.54, 1.807) is 24.3 Å². The molecular weight excluding hydrogens is 434 g/mol. The van der Waals surface area contributed by atoms with Crippen LogP contribution >= 0.6 is 11.6 Å². The second-order valence-corrected chi connectivity index (χ2v) is 7.81. The number of hydrogen-bond acceptors (Lipinski definition) is 6. The van der Waals surface area contributed by atoms with Gasteiger partial charge in [0.15, 0.2) is 0 Å². The van der Waals surface area contributed by atoms with E-state index in [4.69, 9.17) is 11.6 Å². The number of nitro groups is 1. The van der Waals surface area contributed by atoms with E-state index >= 15 is 0 Å². The molecule has 1 amide bonds. The molecule has 0 radical (unpaired) electrons. The van der Waals surface area contributed by atoms with Crippen LogP contribution in [0.1, 0.15) is 31.0 Å². The zero-order chi connectivity index (χ0) is 23.4. The molecule has 1 heterocycles. The Kier molecular flexibility index (Phi) is 7.27. The Morgan fingerprint density at radius 2 is 1.69 bits per heavy atom. The number of Topliss-reactive ketones (excluding diaryl/α,β-unsaturated/α-hetero) is 1. The molecule has 1 fully saturated rings. The first-order chi connectivity index (χ1) is 15.3. The fourth-order valence-electron chi connectivity index (χ4n) is 3.79. The quantitative estimate of drug-likeness (QED) is 0.211. The number of hydrogen-bond donors (Lipinski definition) is 1. The van der Waals surface area contributed by atoms with E-state index in [2.05, 4.69) is 4.90 Å². The van der Waals surface area contributed by atoms with Gasteiger partial charge in [-0.25, -0.2) is 0 Å². The minimum Gasteiger partial charge on any atom is -0.507 e. The molecule has 8 nitrogen and oxygen atoms in total. The van der Waals surface area contributed by atoms with Crippen molar-refractivity contribution in [2.24, 2.45) is 0 Å². The average molecular weight is 458 g/mol. The van der Waals surface area contributed by atoms with E-state index in [0.717, 1.165) is 13.1 Å². The van der Waals surface area contributed by atoms with Gasteiger partial charge in [0.1, 0.15) is 5.76 Å². The average Bonchev–Trinajstić information content (AvgIpc) is 3.04. The third-order valence-electron chi connectivity index (χ3n) is 5.63. The normalized spacial score (nSPS) is 17.9. The van der Waals surface area contributed by atoms with E-state index in [-0.39, 0.29) is 23.6 Å². The topological polar surface area (TPSA) is 104 Å². The number of benzene rings is 2. The molecule has 0 aromatic heterocycles. The summed E-state index contributed by atoms with van der Waals surface area (Å²) in [5.74, 6) is -1.81. The summed E-state index contributed by atoms with van der Waals surface area (Å²) in [6.45, 7) is 6.40. The van der Waals surface area contributed by atoms with Crippen molar-refractivity contribution in [3.8, 4) is 0 Å². The standard InChI is InChI=1S/C23H24ClN3O5/c1-3-25(4-2)13-14-26-20(15-7-11-18(12-8-15)27(31)32)19(22(29)23(26)30)21(28)16-5-9-17(24)10-6-16/h5-12,20,28H,3-4,13-14H2,1-2H3/t20-/m1/s1. The Hall–Kier alpha value is -3.23. The lowest BCUT2D eigenvalue weighted by atomic mass is 9.95. The van der Waals surface area contributed by atoms with Gasteiger partial charge in [0.25, 0.3) is 17.4 Å². The van der Waals surface area contributed by atoms with Crippen molar-refractivity contribution >= 4 is 34.7 Å². The maximum Gasteiger partial charge on any atom is 0.295 e. The summed E-state index contributed by atoms with van der Waals surface area (Å²) < 4.78 is 0. The van der Waals surface area contributed by atoms with E-state index in [0.29, 0.717) is 22.7 Å². The van der Waals surface area contributed by atoms with E-state index in [1.807, 2.05) is 13.8 Å². The van der Waals surface area contributed by atoms with Crippen LogP contribution in [0.4, 0.5) is 5.69 Å². The summed E-state index contributed by atoms with van der Waals surface area (Å²) >= 11 is 5.93. The van der Waals surface area contributed by atoms with Gasteiger partial charge in [-0.2, -0.15) is 0 Å². The Bertz CT molecular complexity index is 1050. The highest BCUT2D eigenvalue weighted by Crippen LogP contribution is 2.39. The van der Waals surface area contributed by atoms with Gasteiger partial charge in [0.05, 0.1) is 16.5 Å². The van der Waals surface area contributed by atoms with Crippen molar-refractivity contribution in [3.05, 3.63) is 80.4 Å². The number of halogens is 1. The van der Waals surface area contributed by atoms with Crippen molar-refractivity contribution in [1.29, 1.82) is 0 Å². The molecule has 9 heteroatoms. The predicted octanol–water partition coefficient (Wildman–Crippen LogP) is 4.01. The number of amides is 1. The third-order valence-corrected chi connectivity index (χ3v) is 5.88. The van der Waals surface area contributed by atoms with Gasteiger partial charge in [-0.05, 0) is 55.1 Å². The summed E-state index contributed by atoms with van der Waals surface area (Å²) in [5.41, 5.74) is 0.699. The highest BCUT2D eigenvalue weighted by Gasteiger charge is 2.46. The van der Waals surface area contributed by atoms with Crippen LogP contribution in [0.5, 0.6) is 0 Å². The maximum atomic E-state index is 13.0. The van der Waals surface area contributed by atoms with E-state index in [1.165, 1.54) is 29.2 Å². The minimum atomic E-state index is -0.859. The van der Waals surface area contributed by atoms with Crippen LogP contribution in [-0.4, -0.2) is 57.7 Å². The number of nitrogens with zero attached hydrogens (tertiary/aromatic N) is 3. The van der Waals surface area contributed by atoms with Gasteiger partial charge in [-0.1, -0.05) is 25.4 Å². The molecule has 0 aliphatic carbocycles. The number of carbonyl (C=O) groups is 2. The number of nitro benzene ring substituents is 1. The third kappa shape index (κ3) is 4.66. The summed E-state index contributed by atoms with van der Waals surface area (Å²) in [6, 6.07) is 11.1. The van der Waals surface area contributed by atoms with E-state index < -0.39 is 22.7 Å². The number of likely N-dealkylation sites (tertiary alicyclic amines) is 1. The zero-order valence-electron chi connectivity index (χ0n) is 17.8. The molecule has 0 spiro atoms. The Morgan fingerprint density at radius 3 is 2.22 bits per heavy atom. The second kappa shape index (κ2) is 9.93. The number of ketones is 1. The fourth-order valence-corrected chi connectivity index (χ4v) is 3.91. The maximum absolute atomic E-state index is 13.0. The van der Waals surface area contributed by atoms with Crippen LogP contribution in [-0.2, 0) is 9.59 Å². The number of aliphatic hydroxyl groups is 1. The van der Waals surface area contributed by atoms with Crippen LogP contribution in [0.2, 0.25) is 5.02 Å². The monoisotopic (exact) mass is 457 g/mol. The number of non-ortho nitro benzene ring substituents is 1. The van der Waals surface area contributed by atoms with Gasteiger partial charge in [0.2, 0.25) is 0 Å². The summed E-state index contributed by atoms with van der Waals surface area (Å²) in [5, 5.41) is 22.5. The molecule has 1 aliphatic rings. The molecule has 2 aromatic rings. The lowest BCUT2D eigenvalue weighted by Gasteiger charge is -2.28. The van der Waals surface area contributed by atoms with Crippen LogP contribution in [0.25, 0.3) is 5.76 Å². The van der Waals surface area contributed by atoms with Crippen molar-refractivity contribution < 1.29 is 19.6 Å². The van der Waals surface area contributed by atoms with Crippen LogP contribution in [0, 0.1) is 10.1 Å². The Balaban J connectivity index is 2.10. The first-order valence-corrected chi connectivity index (χ1v) is 10.7. The zero-order valence-corrected chi connectivity index (χ0v) is 18.6. The smallest absolute Gasteiger partial charge is 0.295 e. The first kappa shape index (κ1) is 23.4. The molecule has 168 valence electrons. The highest BCUT2D eigenvalue weighted by atomic mass is 35.5. The second-order valence-electron chi connectivity index (χ2n) is 7.37. The number of aliphatic hydroxyl groups excluding tert-OH is 1. The molecule has 1 aliphatic heterocycles. The number of rotatable bonds is 8. The van der Waals surface area contributed by atoms with Gasteiger partial charge < -0.3 is 14.9 Å². The van der Waals surface area contributed by atoms with Crippen LogP contribution in [0.3, 0.4) is 0 Å². The SMILES string of the molecule is CCN(CC)CCN1C(=O)C(=O)C(=C(O)c2ccc(Cl)cc2)[C@H]1c1ccc([N+](=O)[O-])cc1. The van der Waals surface area contributed by atoms with Crippen LogP contribution < -0.4 is 0 Å². The van der Waals surface area contributed by atoms with Gasteiger partial charge in [-0.15, -0.1) is 0 Å². The summed E-state index contributed by atoms with van der Waals surface area (Å²) in [7, 11) is 0. The van der Waals surface area contributed by atoms with Crippen molar-refractivity contribution in [2.75, 3.05) is 26.2 Å². The van der Waals surface area contributed by atoms with Crippen LogP contribution in [0.15, 0.2) is 54.1 Å². The van der Waals surface area contributed by atoms with Gasteiger partial charge in [0, 0.05) is 35.8 Å². The molecule has 0 bridgehead atoms. The van der Waals surface area contributed by atoms with Gasteiger partial charge >= 0.3 is 0 Å². The first-order valence-electron chi connectivity index (χ1n) is 10.3. The molecule has 1 N–H and O–H groups in total. The lowest BCUT2D eigenvalue weighted by Crippen LogP contribution is -2.38. The number of likely N-dealkylation sites (N-methyl/N-ethyl adjacent to an activating group) is 1. The molecule has 1 saturated heterocycles. The van der Waals surface area contributed by atoms with Crippen molar-refractivity contribution in [1.82, 2.24) is 9.80 Å². The largest absolute Gasteiger partial charge is 0.507 e. The molecule has 1 atom stereocenters. The predicted molar refractivity (Wildman–Crippen MR) is 121 cm³/mol. The Morgan fingerprint density at radius 1 is 1.09 bits per heavy atom. The van der Waals surface area contributed by atoms with Crippen molar-refractivity contribution in [2.45, 2.75) is 19.9 Å². The van der Waals surface area contributed by atoms with Crippen molar-refractivity contribution in [3.63, 3.8) is 0 Å². The molecular formula is C23H24ClN3O5. The Labute approximate surface area is 190 Å². The summed E-state index contributed by atoms with van der Waals surface area (Å²) in [6.07, 6.45) is 0.